The second-order valence-corrected chi connectivity index (χ2v) is 7.11. The number of hydrogen-bond donors (Lipinski definition) is 1. The van der Waals surface area contributed by atoms with E-state index in [9.17, 15) is 0 Å². The Kier molecular flexibility index (Phi) is 4.87. The zero-order valence-electron chi connectivity index (χ0n) is 12.8. The maximum Gasteiger partial charge on any atom is 0.209 e. The lowest BCUT2D eigenvalue weighted by atomic mass is 10.1. The number of aromatic nitrogens is 2. The largest absolute Gasteiger partial charge is 0.379 e. The smallest absolute Gasteiger partial charge is 0.209 e. The normalized spacial score (nSPS) is 15.9. The number of nitrogens with one attached hydrogen (secondary N) is 1. The summed E-state index contributed by atoms with van der Waals surface area (Å²) < 4.78 is 8.04. The fourth-order valence-corrected chi connectivity index (χ4v) is 3.45. The molecule has 1 aromatic carbocycles. The van der Waals surface area contributed by atoms with Crippen molar-refractivity contribution in [3.8, 4) is 0 Å². The summed E-state index contributed by atoms with van der Waals surface area (Å²) in [6.07, 6.45) is 0. The van der Waals surface area contributed by atoms with Crippen molar-refractivity contribution < 1.29 is 4.74 Å². The molecular weight excluding hydrogens is 316 g/mol. The van der Waals surface area contributed by atoms with Gasteiger partial charge in [0.1, 0.15) is 0 Å². The lowest BCUT2D eigenvalue weighted by Gasteiger charge is -2.26. The maximum absolute atomic E-state index is 5.43. The molecule has 1 aliphatic rings. The van der Waals surface area contributed by atoms with E-state index in [4.69, 9.17) is 17.0 Å². The molecule has 0 unspecified atom stereocenters. The fraction of sp³-hybridized carbons (Fsp3) is 0.467. The van der Waals surface area contributed by atoms with E-state index in [0.717, 1.165) is 47.7 Å². The molecule has 3 rings (SSSR count). The van der Waals surface area contributed by atoms with Crippen LogP contribution in [0.2, 0.25) is 0 Å². The molecule has 1 aliphatic heterocycles. The molecule has 0 radical (unpaired) electrons. The predicted octanol–water partition coefficient (Wildman–Crippen LogP) is 3.32. The lowest BCUT2D eigenvalue weighted by molar-refractivity contribution is 0.0212. The van der Waals surface area contributed by atoms with Crippen molar-refractivity contribution in [2.45, 2.75) is 20.5 Å². The summed E-state index contributed by atoms with van der Waals surface area (Å²) in [6.45, 7) is 8.35. The Hall–Kier alpha value is -1.28. The van der Waals surface area contributed by atoms with Crippen molar-refractivity contribution in [3.05, 3.63) is 33.3 Å². The topological polar surface area (TPSA) is 42.3 Å². The summed E-state index contributed by atoms with van der Waals surface area (Å²) in [6, 6.07) is 6.34. The molecule has 0 aliphatic carbocycles. The van der Waals surface area contributed by atoms with E-state index in [1.807, 2.05) is 4.68 Å². The summed E-state index contributed by atoms with van der Waals surface area (Å²) in [4.78, 5) is 2.31. The highest BCUT2D eigenvalue weighted by Gasteiger charge is 2.13. The minimum absolute atomic E-state index is 0.729. The van der Waals surface area contributed by atoms with Gasteiger partial charge in [0.15, 0.2) is 3.95 Å². The van der Waals surface area contributed by atoms with Gasteiger partial charge in [0, 0.05) is 18.8 Å². The van der Waals surface area contributed by atoms with Gasteiger partial charge in [-0.3, -0.25) is 4.90 Å². The average molecular weight is 336 g/mol. The van der Waals surface area contributed by atoms with Crippen LogP contribution in [0.15, 0.2) is 18.2 Å². The molecule has 1 N–H and O–H groups in total. The van der Waals surface area contributed by atoms with Crippen LogP contribution in [0.1, 0.15) is 11.1 Å². The molecule has 22 heavy (non-hydrogen) atoms. The molecular formula is C15H20N4OS2. The van der Waals surface area contributed by atoms with E-state index in [-0.39, 0.29) is 0 Å². The second-order valence-electron chi connectivity index (χ2n) is 5.49. The van der Waals surface area contributed by atoms with E-state index in [2.05, 4.69) is 47.4 Å². The number of aryl methyl sites for hydroxylation is 2. The van der Waals surface area contributed by atoms with Crippen LogP contribution < -0.4 is 5.32 Å². The lowest BCUT2D eigenvalue weighted by Crippen LogP contribution is -2.37. The van der Waals surface area contributed by atoms with Crippen LogP contribution in [0.4, 0.5) is 10.8 Å². The van der Waals surface area contributed by atoms with Crippen molar-refractivity contribution in [1.29, 1.82) is 0 Å². The first kappa shape index (κ1) is 15.6. The quantitative estimate of drug-likeness (QED) is 0.868. The molecule has 5 nitrogen and oxygen atoms in total. The molecule has 118 valence electrons. The van der Waals surface area contributed by atoms with Gasteiger partial charge < -0.3 is 10.1 Å². The number of ether oxygens (including phenoxy) is 1. The molecule has 7 heteroatoms. The number of nitrogens with zero attached hydrogens (tertiary/aromatic N) is 3. The maximum atomic E-state index is 5.43. The van der Waals surface area contributed by atoms with Crippen molar-refractivity contribution in [2.24, 2.45) is 0 Å². The number of rotatable bonds is 4. The molecule has 0 atom stereocenters. The first-order valence-electron chi connectivity index (χ1n) is 7.34. The van der Waals surface area contributed by atoms with Crippen LogP contribution in [0.3, 0.4) is 0 Å². The zero-order valence-corrected chi connectivity index (χ0v) is 14.5. The van der Waals surface area contributed by atoms with Gasteiger partial charge in [0.05, 0.1) is 19.9 Å². The average Bonchev–Trinajstić information content (AvgIpc) is 2.83. The van der Waals surface area contributed by atoms with Crippen LogP contribution in [0, 0.1) is 17.8 Å². The Morgan fingerprint density at radius 3 is 2.82 bits per heavy atom. The Balaban J connectivity index is 1.72. The van der Waals surface area contributed by atoms with E-state index < -0.39 is 0 Å². The van der Waals surface area contributed by atoms with Crippen molar-refractivity contribution in [1.82, 2.24) is 14.7 Å². The van der Waals surface area contributed by atoms with Crippen molar-refractivity contribution in [2.75, 3.05) is 31.6 Å². The van der Waals surface area contributed by atoms with E-state index in [0.29, 0.717) is 0 Å². The highest BCUT2D eigenvalue weighted by atomic mass is 32.1. The Labute approximate surface area is 139 Å². The highest BCUT2D eigenvalue weighted by Crippen LogP contribution is 2.24. The van der Waals surface area contributed by atoms with Crippen LogP contribution in [-0.4, -0.2) is 41.0 Å². The van der Waals surface area contributed by atoms with Crippen molar-refractivity contribution in [3.63, 3.8) is 0 Å². The van der Waals surface area contributed by atoms with Gasteiger partial charge in [-0.05, 0) is 37.7 Å². The summed E-state index contributed by atoms with van der Waals surface area (Å²) >= 11 is 6.94. The SMILES string of the molecule is Cc1ccc(Nc2nn(CN3CCOCC3)c(=S)s2)c(C)c1. The number of anilines is 2. The molecule has 2 heterocycles. The van der Waals surface area contributed by atoms with Crippen LogP contribution >= 0.6 is 23.6 Å². The first-order chi connectivity index (χ1) is 10.6. The molecule has 0 saturated carbocycles. The monoisotopic (exact) mass is 336 g/mol. The molecule has 2 aromatic rings. The Morgan fingerprint density at radius 1 is 1.32 bits per heavy atom. The minimum Gasteiger partial charge on any atom is -0.379 e. The summed E-state index contributed by atoms with van der Waals surface area (Å²) in [5.74, 6) is 0. The molecule has 1 fully saturated rings. The molecule has 0 amide bonds. The summed E-state index contributed by atoms with van der Waals surface area (Å²) in [5, 5.41) is 8.81. The van der Waals surface area contributed by atoms with Gasteiger partial charge in [0.25, 0.3) is 0 Å². The third kappa shape index (κ3) is 3.73. The predicted molar refractivity (Wildman–Crippen MR) is 92.5 cm³/mol. The van der Waals surface area contributed by atoms with E-state index in [1.54, 1.807) is 0 Å². The van der Waals surface area contributed by atoms with E-state index in [1.165, 1.54) is 22.5 Å². The summed E-state index contributed by atoms with van der Waals surface area (Å²) in [5.41, 5.74) is 3.54. The van der Waals surface area contributed by atoms with Gasteiger partial charge in [-0.1, -0.05) is 29.0 Å². The van der Waals surface area contributed by atoms with Gasteiger partial charge in [-0.25, -0.2) is 4.68 Å². The second kappa shape index (κ2) is 6.87. The van der Waals surface area contributed by atoms with Gasteiger partial charge in [-0.2, -0.15) is 0 Å². The molecule has 0 bridgehead atoms. The molecule has 0 spiro atoms. The number of hydrogen-bond acceptors (Lipinski definition) is 6. The van der Waals surface area contributed by atoms with Crippen LogP contribution in [0.25, 0.3) is 0 Å². The molecule has 1 saturated heterocycles. The number of benzene rings is 1. The highest BCUT2D eigenvalue weighted by molar-refractivity contribution is 7.73. The van der Waals surface area contributed by atoms with Gasteiger partial charge in [0.2, 0.25) is 5.13 Å². The van der Waals surface area contributed by atoms with Gasteiger partial charge >= 0.3 is 0 Å². The molecule has 1 aromatic heterocycles. The van der Waals surface area contributed by atoms with Gasteiger partial charge in [-0.15, -0.1) is 5.10 Å². The fourth-order valence-electron chi connectivity index (χ4n) is 2.45. The number of morpholine rings is 1. The van der Waals surface area contributed by atoms with Crippen molar-refractivity contribution >= 4 is 34.4 Å². The summed E-state index contributed by atoms with van der Waals surface area (Å²) in [7, 11) is 0. The van der Waals surface area contributed by atoms with Crippen LogP contribution in [0.5, 0.6) is 0 Å². The zero-order chi connectivity index (χ0) is 15.5. The first-order valence-corrected chi connectivity index (χ1v) is 8.56. The Morgan fingerprint density at radius 2 is 2.09 bits per heavy atom. The van der Waals surface area contributed by atoms with Crippen LogP contribution in [-0.2, 0) is 11.4 Å². The minimum atomic E-state index is 0.729. The Bertz CT molecular complexity index is 704. The third-order valence-electron chi connectivity index (χ3n) is 3.67. The third-order valence-corrected chi connectivity index (χ3v) is 4.89. The van der Waals surface area contributed by atoms with E-state index >= 15 is 0 Å². The standard InChI is InChI=1S/C15H20N4OS2/c1-11-3-4-13(12(2)9-11)16-14-17-19(15(21)22-14)10-18-5-7-20-8-6-18/h3-4,9H,5-8,10H2,1-2H3,(H,16,17).